The van der Waals surface area contributed by atoms with E-state index in [4.69, 9.17) is 34.8 Å². The predicted octanol–water partition coefficient (Wildman–Crippen LogP) is 3.93. The minimum Gasteiger partial charge on any atom is -0.375 e. The number of halogens is 3. The van der Waals surface area contributed by atoms with Gasteiger partial charge in [0.1, 0.15) is 0 Å². The maximum Gasteiger partial charge on any atom is 0.241 e. The molecule has 1 amide bonds. The Bertz CT molecular complexity index is 449. The second-order valence-corrected chi connectivity index (χ2v) is 5.42. The van der Waals surface area contributed by atoms with E-state index in [1.807, 2.05) is 13.8 Å². The summed E-state index contributed by atoms with van der Waals surface area (Å²) in [5.41, 5.74) is 0.594. The predicted molar refractivity (Wildman–Crippen MR) is 77.9 cm³/mol. The molecular weight excluding hydrogens is 295 g/mol. The minimum atomic E-state index is -0.0212. The minimum absolute atomic E-state index is 0.0212. The Balaban J connectivity index is 2.70. The van der Waals surface area contributed by atoms with Crippen LogP contribution in [-0.2, 0) is 4.79 Å². The van der Waals surface area contributed by atoms with Gasteiger partial charge in [-0.15, -0.1) is 0 Å². The molecule has 0 aliphatic heterocycles. The first kappa shape index (κ1) is 15.4. The molecule has 0 aliphatic carbocycles. The molecule has 0 saturated heterocycles. The van der Waals surface area contributed by atoms with Crippen molar-refractivity contribution in [2.24, 2.45) is 0 Å². The quantitative estimate of drug-likeness (QED) is 0.855. The molecule has 3 nitrogen and oxygen atoms in total. The first-order valence-corrected chi connectivity index (χ1v) is 6.60. The van der Waals surface area contributed by atoms with E-state index in [0.29, 0.717) is 20.8 Å². The zero-order valence-corrected chi connectivity index (χ0v) is 12.7. The van der Waals surface area contributed by atoms with Crippen molar-refractivity contribution in [3.63, 3.8) is 0 Å². The Morgan fingerprint density at radius 3 is 2.33 bits per heavy atom. The highest BCUT2D eigenvalue weighted by Gasteiger charge is 2.12. The van der Waals surface area contributed by atoms with E-state index in [0.717, 1.165) is 0 Å². The summed E-state index contributed by atoms with van der Waals surface area (Å²) >= 11 is 17.7. The van der Waals surface area contributed by atoms with Crippen LogP contribution in [0, 0.1) is 0 Å². The van der Waals surface area contributed by atoms with E-state index in [1.165, 1.54) is 0 Å². The fourth-order valence-corrected chi connectivity index (χ4v) is 1.86. The number of likely N-dealkylation sites (N-methyl/N-ethyl adjacent to an activating group) is 1. The van der Waals surface area contributed by atoms with Crippen molar-refractivity contribution in [1.82, 2.24) is 4.90 Å². The van der Waals surface area contributed by atoms with E-state index in [2.05, 4.69) is 5.32 Å². The smallest absolute Gasteiger partial charge is 0.241 e. The zero-order chi connectivity index (χ0) is 13.9. The highest BCUT2D eigenvalue weighted by atomic mass is 35.5. The molecular formula is C12H15Cl3N2O. The molecule has 1 rings (SSSR count). The van der Waals surface area contributed by atoms with Crippen molar-refractivity contribution in [1.29, 1.82) is 0 Å². The summed E-state index contributed by atoms with van der Waals surface area (Å²) in [4.78, 5) is 13.4. The molecule has 0 spiro atoms. The van der Waals surface area contributed by atoms with Crippen molar-refractivity contribution < 1.29 is 4.79 Å². The number of benzene rings is 1. The number of nitrogens with zero attached hydrogens (tertiary/aromatic N) is 1. The van der Waals surface area contributed by atoms with Gasteiger partial charge in [0.25, 0.3) is 0 Å². The van der Waals surface area contributed by atoms with Gasteiger partial charge in [0.05, 0.1) is 27.3 Å². The molecule has 0 bridgehead atoms. The molecule has 6 heteroatoms. The number of carbonyl (C=O) groups excluding carboxylic acids is 1. The third-order valence-corrected chi connectivity index (χ3v) is 3.64. The van der Waals surface area contributed by atoms with Gasteiger partial charge in [-0.05, 0) is 26.0 Å². The molecule has 1 N–H and O–H groups in total. The number of hydrogen-bond acceptors (Lipinski definition) is 2. The van der Waals surface area contributed by atoms with Crippen molar-refractivity contribution in [3.05, 3.63) is 27.2 Å². The van der Waals surface area contributed by atoms with Crippen molar-refractivity contribution in [2.45, 2.75) is 19.9 Å². The molecule has 0 radical (unpaired) electrons. The Morgan fingerprint density at radius 1 is 1.22 bits per heavy atom. The number of carbonyl (C=O) groups is 1. The molecule has 0 saturated carbocycles. The Labute approximate surface area is 122 Å². The van der Waals surface area contributed by atoms with E-state index < -0.39 is 0 Å². The fourth-order valence-electron chi connectivity index (χ4n) is 1.24. The highest BCUT2D eigenvalue weighted by Crippen LogP contribution is 2.32. The summed E-state index contributed by atoms with van der Waals surface area (Å²) in [6.07, 6.45) is 0. The molecule has 0 fully saturated rings. The molecule has 0 aliphatic rings. The van der Waals surface area contributed by atoms with Gasteiger partial charge in [0.2, 0.25) is 5.91 Å². The van der Waals surface area contributed by atoms with Gasteiger partial charge < -0.3 is 10.2 Å². The molecule has 18 heavy (non-hydrogen) atoms. The van der Waals surface area contributed by atoms with Gasteiger partial charge in [-0.3, -0.25) is 4.79 Å². The molecule has 0 atom stereocenters. The molecule has 0 unspecified atom stereocenters. The summed E-state index contributed by atoms with van der Waals surface area (Å²) in [5, 5.41) is 4.17. The molecule has 1 aromatic rings. The Kier molecular flexibility index (Phi) is 5.57. The average Bonchev–Trinajstić information content (AvgIpc) is 2.30. The first-order valence-electron chi connectivity index (χ1n) is 5.47. The topological polar surface area (TPSA) is 32.3 Å². The lowest BCUT2D eigenvalue weighted by Gasteiger charge is -2.22. The molecule has 0 heterocycles. The van der Waals surface area contributed by atoms with Crippen LogP contribution in [0.25, 0.3) is 0 Å². The lowest BCUT2D eigenvalue weighted by molar-refractivity contribution is -0.129. The SMILES string of the molecule is CC(C)N(C)C(=O)CNc1cc(Cl)c(Cl)cc1Cl. The number of anilines is 1. The summed E-state index contributed by atoms with van der Waals surface area (Å²) in [6.45, 7) is 4.06. The average molecular weight is 310 g/mol. The van der Waals surface area contributed by atoms with Crippen LogP contribution in [0.5, 0.6) is 0 Å². The molecule has 1 aromatic carbocycles. The van der Waals surface area contributed by atoms with Crippen molar-refractivity contribution >= 4 is 46.4 Å². The summed E-state index contributed by atoms with van der Waals surface area (Å²) < 4.78 is 0. The lowest BCUT2D eigenvalue weighted by atomic mass is 10.3. The standard InChI is InChI=1S/C12H15Cl3N2O/c1-7(2)17(3)12(18)6-16-11-5-9(14)8(13)4-10(11)15/h4-5,7,16H,6H2,1-3H3. The molecule has 0 aromatic heterocycles. The van der Waals surface area contributed by atoms with Crippen LogP contribution in [0.2, 0.25) is 15.1 Å². The van der Waals surface area contributed by atoms with Gasteiger partial charge in [-0.2, -0.15) is 0 Å². The van der Waals surface area contributed by atoms with E-state index in [1.54, 1.807) is 24.1 Å². The maximum atomic E-state index is 11.8. The van der Waals surface area contributed by atoms with E-state index in [-0.39, 0.29) is 18.5 Å². The monoisotopic (exact) mass is 308 g/mol. The third-order valence-electron chi connectivity index (χ3n) is 2.61. The Hall–Kier alpha value is -0.640. The summed E-state index contributed by atoms with van der Waals surface area (Å²) in [7, 11) is 1.76. The van der Waals surface area contributed by atoms with Gasteiger partial charge in [0.15, 0.2) is 0 Å². The fraction of sp³-hybridized carbons (Fsp3) is 0.417. The highest BCUT2D eigenvalue weighted by molar-refractivity contribution is 6.44. The maximum absolute atomic E-state index is 11.8. The van der Waals surface area contributed by atoms with Gasteiger partial charge in [-0.1, -0.05) is 34.8 Å². The number of nitrogens with one attached hydrogen (secondary N) is 1. The second kappa shape index (κ2) is 6.50. The van der Waals surface area contributed by atoms with E-state index >= 15 is 0 Å². The largest absolute Gasteiger partial charge is 0.375 e. The summed E-state index contributed by atoms with van der Waals surface area (Å²) in [6, 6.07) is 3.31. The van der Waals surface area contributed by atoms with Gasteiger partial charge in [0, 0.05) is 13.1 Å². The van der Waals surface area contributed by atoms with Crippen LogP contribution in [-0.4, -0.2) is 30.4 Å². The Morgan fingerprint density at radius 2 is 1.78 bits per heavy atom. The van der Waals surface area contributed by atoms with Crippen LogP contribution < -0.4 is 5.32 Å². The summed E-state index contributed by atoms with van der Waals surface area (Å²) in [5.74, 6) is -0.0212. The van der Waals surface area contributed by atoms with Crippen LogP contribution in [0.1, 0.15) is 13.8 Å². The lowest BCUT2D eigenvalue weighted by Crippen LogP contribution is -2.37. The van der Waals surface area contributed by atoms with Crippen LogP contribution in [0.15, 0.2) is 12.1 Å². The number of hydrogen-bond donors (Lipinski definition) is 1. The van der Waals surface area contributed by atoms with Gasteiger partial charge >= 0.3 is 0 Å². The normalized spacial score (nSPS) is 10.6. The second-order valence-electron chi connectivity index (χ2n) is 4.20. The zero-order valence-electron chi connectivity index (χ0n) is 10.4. The molecule has 100 valence electrons. The van der Waals surface area contributed by atoms with Crippen LogP contribution >= 0.6 is 34.8 Å². The van der Waals surface area contributed by atoms with E-state index in [9.17, 15) is 4.79 Å². The first-order chi connectivity index (χ1) is 8.32. The number of amides is 1. The van der Waals surface area contributed by atoms with Crippen LogP contribution in [0.4, 0.5) is 5.69 Å². The van der Waals surface area contributed by atoms with Crippen molar-refractivity contribution in [2.75, 3.05) is 18.9 Å². The van der Waals surface area contributed by atoms with Crippen molar-refractivity contribution in [3.8, 4) is 0 Å². The third kappa shape index (κ3) is 3.94. The number of rotatable bonds is 4. The van der Waals surface area contributed by atoms with Gasteiger partial charge in [-0.25, -0.2) is 0 Å². The van der Waals surface area contributed by atoms with Crippen LogP contribution in [0.3, 0.4) is 0 Å².